The summed E-state index contributed by atoms with van der Waals surface area (Å²) in [5, 5.41) is 13.0. The fourth-order valence-electron chi connectivity index (χ4n) is 2.85. The molecule has 0 saturated carbocycles. The van der Waals surface area contributed by atoms with Crippen molar-refractivity contribution in [3.8, 4) is 11.5 Å². The Bertz CT molecular complexity index is 1150. The minimum Gasteiger partial charge on any atom is -0.507 e. The number of phenols is 1. The number of carbonyl (C=O) groups is 1. The summed E-state index contributed by atoms with van der Waals surface area (Å²) in [7, 11) is 0. The van der Waals surface area contributed by atoms with Gasteiger partial charge in [-0.05, 0) is 42.0 Å². The molecule has 0 radical (unpaired) electrons. The number of alkyl halides is 3. The zero-order valence-corrected chi connectivity index (χ0v) is 18.4. The van der Waals surface area contributed by atoms with Crippen LogP contribution in [0.2, 0.25) is 15.1 Å². The van der Waals surface area contributed by atoms with Gasteiger partial charge in [0, 0.05) is 16.5 Å². The van der Waals surface area contributed by atoms with Crippen LogP contribution in [0, 0.1) is 0 Å². The van der Waals surface area contributed by atoms with E-state index in [0.29, 0.717) is 5.56 Å². The number of carbonyl (C=O) groups excluding carboxylic acids is 1. The Morgan fingerprint density at radius 1 is 1.00 bits per heavy atom. The van der Waals surface area contributed by atoms with Gasteiger partial charge in [0.15, 0.2) is 5.75 Å². The van der Waals surface area contributed by atoms with E-state index in [-0.39, 0.29) is 50.8 Å². The Morgan fingerprint density at radius 3 is 2.47 bits per heavy atom. The van der Waals surface area contributed by atoms with Gasteiger partial charge < -0.3 is 15.2 Å². The van der Waals surface area contributed by atoms with Gasteiger partial charge in [-0.3, -0.25) is 4.79 Å². The van der Waals surface area contributed by atoms with E-state index in [2.05, 4.69) is 5.32 Å². The zero-order chi connectivity index (χ0) is 23.5. The van der Waals surface area contributed by atoms with E-state index in [0.717, 1.165) is 12.1 Å². The molecule has 168 valence electrons. The molecule has 3 aromatic rings. The summed E-state index contributed by atoms with van der Waals surface area (Å²) < 4.78 is 44.3. The van der Waals surface area contributed by atoms with Crippen molar-refractivity contribution in [3.05, 3.63) is 86.4 Å². The number of hydrogen-bond donors (Lipinski definition) is 2. The van der Waals surface area contributed by atoms with Crippen molar-refractivity contribution in [2.45, 2.75) is 12.6 Å². The molecule has 0 spiro atoms. The number of rotatable bonds is 6. The molecule has 0 unspecified atom stereocenters. The minimum atomic E-state index is -4.44. The summed E-state index contributed by atoms with van der Waals surface area (Å²) in [5.41, 5.74) is -0.299. The average molecular weight is 505 g/mol. The molecule has 32 heavy (non-hydrogen) atoms. The van der Waals surface area contributed by atoms with Gasteiger partial charge in [0.05, 0.1) is 28.4 Å². The van der Waals surface area contributed by atoms with Crippen LogP contribution in [0.4, 0.5) is 18.9 Å². The number of ether oxygens (including phenoxy) is 1. The number of benzene rings is 3. The van der Waals surface area contributed by atoms with Crippen LogP contribution in [0.3, 0.4) is 0 Å². The first-order valence-corrected chi connectivity index (χ1v) is 10.3. The number of nitrogens with one attached hydrogen (secondary N) is 1. The molecule has 0 atom stereocenters. The van der Waals surface area contributed by atoms with Crippen molar-refractivity contribution in [1.29, 1.82) is 0 Å². The van der Waals surface area contributed by atoms with Crippen molar-refractivity contribution in [2.24, 2.45) is 0 Å². The van der Waals surface area contributed by atoms with Crippen molar-refractivity contribution < 1.29 is 27.8 Å². The molecule has 10 heteroatoms. The first-order valence-electron chi connectivity index (χ1n) is 9.12. The van der Waals surface area contributed by atoms with Crippen LogP contribution in [-0.2, 0) is 12.6 Å². The topological polar surface area (TPSA) is 58.6 Å². The fraction of sp³-hybridized carbons (Fsp3) is 0.136. The summed E-state index contributed by atoms with van der Waals surface area (Å²) in [4.78, 5) is 12.6. The highest BCUT2D eigenvalue weighted by atomic mass is 35.5. The Kier molecular flexibility index (Phi) is 7.44. The minimum absolute atomic E-state index is 0.0199. The second-order valence-corrected chi connectivity index (χ2v) is 7.96. The first-order chi connectivity index (χ1) is 15.0. The molecule has 4 nitrogen and oxygen atoms in total. The van der Waals surface area contributed by atoms with Gasteiger partial charge in [0.1, 0.15) is 5.75 Å². The summed E-state index contributed by atoms with van der Waals surface area (Å²) >= 11 is 18.1. The SMILES string of the molecule is O=C(Nc1cc(Cl)cc(Cl)c1OCCc1cccc(C(F)(F)F)c1)c1cc(Cl)ccc1O. The van der Waals surface area contributed by atoms with Gasteiger partial charge >= 0.3 is 6.18 Å². The molecular weight excluding hydrogens is 490 g/mol. The van der Waals surface area contributed by atoms with Crippen LogP contribution in [0.15, 0.2) is 54.6 Å². The van der Waals surface area contributed by atoms with E-state index >= 15 is 0 Å². The number of anilines is 1. The van der Waals surface area contributed by atoms with Gasteiger partial charge in [-0.1, -0.05) is 53.0 Å². The number of halogens is 6. The third-order valence-electron chi connectivity index (χ3n) is 4.35. The Morgan fingerprint density at radius 2 is 1.75 bits per heavy atom. The highest BCUT2D eigenvalue weighted by Gasteiger charge is 2.30. The Labute approximate surface area is 196 Å². The Hall–Kier alpha value is -2.61. The molecule has 0 heterocycles. The third-order valence-corrected chi connectivity index (χ3v) is 5.09. The van der Waals surface area contributed by atoms with Crippen LogP contribution < -0.4 is 10.1 Å². The van der Waals surface area contributed by atoms with Gasteiger partial charge in [-0.15, -0.1) is 0 Å². The van der Waals surface area contributed by atoms with Crippen molar-refractivity contribution in [2.75, 3.05) is 11.9 Å². The number of phenolic OH excluding ortho intramolecular Hbond substituents is 1. The molecule has 0 aliphatic carbocycles. The average Bonchev–Trinajstić information content (AvgIpc) is 2.71. The van der Waals surface area contributed by atoms with Crippen molar-refractivity contribution in [3.63, 3.8) is 0 Å². The van der Waals surface area contributed by atoms with Gasteiger partial charge in [-0.25, -0.2) is 0 Å². The van der Waals surface area contributed by atoms with Crippen LogP contribution in [0.1, 0.15) is 21.5 Å². The predicted molar refractivity (Wildman–Crippen MR) is 118 cm³/mol. The van der Waals surface area contributed by atoms with Gasteiger partial charge in [0.25, 0.3) is 5.91 Å². The lowest BCUT2D eigenvalue weighted by Crippen LogP contribution is -2.14. The highest BCUT2D eigenvalue weighted by molar-refractivity contribution is 6.36. The fourth-order valence-corrected chi connectivity index (χ4v) is 3.57. The van der Waals surface area contributed by atoms with Gasteiger partial charge in [-0.2, -0.15) is 13.2 Å². The number of aromatic hydroxyl groups is 1. The lowest BCUT2D eigenvalue weighted by atomic mass is 10.1. The van der Waals surface area contributed by atoms with Crippen LogP contribution >= 0.6 is 34.8 Å². The molecular formula is C22H15Cl3F3NO3. The van der Waals surface area contributed by atoms with Gasteiger partial charge in [0.2, 0.25) is 0 Å². The standard InChI is InChI=1S/C22H15Cl3F3NO3/c23-14-4-5-19(30)16(9-14)21(31)29-18-11-15(24)10-17(25)20(18)32-7-6-12-2-1-3-13(8-12)22(26,27)28/h1-5,8-11,30H,6-7H2,(H,29,31). The van der Waals surface area contributed by atoms with Crippen molar-refractivity contribution >= 4 is 46.4 Å². The summed E-state index contributed by atoms with van der Waals surface area (Å²) in [6, 6.07) is 11.7. The van der Waals surface area contributed by atoms with E-state index in [1.54, 1.807) is 6.07 Å². The summed E-state index contributed by atoms with van der Waals surface area (Å²) in [6.45, 7) is -0.0199. The van der Waals surface area contributed by atoms with Crippen LogP contribution in [-0.4, -0.2) is 17.6 Å². The zero-order valence-electron chi connectivity index (χ0n) is 16.1. The highest BCUT2D eigenvalue weighted by Crippen LogP contribution is 2.37. The summed E-state index contributed by atoms with van der Waals surface area (Å²) in [6.07, 6.45) is -4.29. The molecule has 0 bridgehead atoms. The maximum atomic E-state index is 12.9. The lowest BCUT2D eigenvalue weighted by Gasteiger charge is -2.15. The second-order valence-electron chi connectivity index (χ2n) is 6.68. The molecule has 0 fully saturated rings. The molecule has 0 aromatic heterocycles. The molecule has 2 N–H and O–H groups in total. The van der Waals surface area contributed by atoms with E-state index in [1.165, 1.54) is 36.4 Å². The van der Waals surface area contributed by atoms with E-state index < -0.39 is 17.6 Å². The number of amides is 1. The van der Waals surface area contributed by atoms with Crippen molar-refractivity contribution in [1.82, 2.24) is 0 Å². The smallest absolute Gasteiger partial charge is 0.416 e. The van der Waals surface area contributed by atoms with Crippen LogP contribution in [0.5, 0.6) is 11.5 Å². The lowest BCUT2D eigenvalue weighted by molar-refractivity contribution is -0.137. The first kappa shape index (κ1) is 24.0. The monoisotopic (exact) mass is 503 g/mol. The Balaban J connectivity index is 1.78. The largest absolute Gasteiger partial charge is 0.507 e. The van der Waals surface area contributed by atoms with E-state index in [4.69, 9.17) is 39.5 Å². The second kappa shape index (κ2) is 9.90. The normalized spacial score (nSPS) is 11.3. The molecule has 0 saturated heterocycles. The van der Waals surface area contributed by atoms with E-state index in [1.807, 2.05) is 0 Å². The molecule has 3 aromatic carbocycles. The molecule has 1 amide bonds. The maximum absolute atomic E-state index is 12.9. The molecule has 0 aliphatic rings. The maximum Gasteiger partial charge on any atom is 0.416 e. The van der Waals surface area contributed by atoms with E-state index in [9.17, 15) is 23.1 Å². The number of hydrogen-bond acceptors (Lipinski definition) is 3. The third kappa shape index (κ3) is 6.00. The van der Waals surface area contributed by atoms with Crippen LogP contribution in [0.25, 0.3) is 0 Å². The molecule has 0 aliphatic heterocycles. The quantitative estimate of drug-likeness (QED) is 0.372. The molecule has 3 rings (SSSR count). The summed E-state index contributed by atoms with van der Waals surface area (Å²) in [5.74, 6) is -0.893. The predicted octanol–water partition coefficient (Wildman–Crippen LogP) is 7.25.